The third-order valence-electron chi connectivity index (χ3n) is 4.05. The van der Waals surface area contributed by atoms with Crippen LogP contribution < -0.4 is 14.2 Å². The summed E-state index contributed by atoms with van der Waals surface area (Å²) in [6, 6.07) is 5.10. The van der Waals surface area contributed by atoms with Gasteiger partial charge in [0.2, 0.25) is 5.75 Å². The summed E-state index contributed by atoms with van der Waals surface area (Å²) in [5, 5.41) is 0. The van der Waals surface area contributed by atoms with Gasteiger partial charge < -0.3 is 14.2 Å². The van der Waals surface area contributed by atoms with Crippen LogP contribution in [0, 0.1) is 0 Å². The SMILES string of the molecule is CCCCCCCCOc1cccc(OC(=O)CCC)c1OC(=O)CCC. The molecule has 1 rings (SSSR count). The molecule has 0 fully saturated rings. The van der Waals surface area contributed by atoms with Crippen molar-refractivity contribution in [2.24, 2.45) is 0 Å². The number of para-hydroxylation sites is 1. The van der Waals surface area contributed by atoms with Crippen molar-refractivity contribution in [1.82, 2.24) is 0 Å². The Morgan fingerprint density at radius 1 is 0.741 bits per heavy atom. The number of carbonyl (C=O) groups is 2. The normalized spacial score (nSPS) is 10.5. The summed E-state index contributed by atoms with van der Waals surface area (Å²) < 4.78 is 16.7. The van der Waals surface area contributed by atoms with E-state index in [1.165, 1.54) is 25.7 Å². The first-order valence-electron chi connectivity index (χ1n) is 10.3. The second-order valence-corrected chi connectivity index (χ2v) is 6.65. The molecule has 5 heteroatoms. The maximum absolute atomic E-state index is 12.0. The van der Waals surface area contributed by atoms with Crippen LogP contribution >= 0.6 is 0 Å². The van der Waals surface area contributed by atoms with Gasteiger partial charge in [-0.15, -0.1) is 0 Å². The molecule has 0 bridgehead atoms. The first-order chi connectivity index (χ1) is 13.1. The number of benzene rings is 1. The number of carbonyl (C=O) groups excluding carboxylic acids is 2. The predicted octanol–water partition coefficient (Wildman–Crippen LogP) is 5.84. The molecule has 0 amide bonds. The minimum Gasteiger partial charge on any atom is -0.490 e. The topological polar surface area (TPSA) is 61.8 Å². The lowest BCUT2D eigenvalue weighted by atomic mass is 10.1. The highest BCUT2D eigenvalue weighted by molar-refractivity contribution is 5.77. The molecule has 0 spiro atoms. The molecule has 0 aliphatic heterocycles. The van der Waals surface area contributed by atoms with Gasteiger partial charge in [-0.25, -0.2) is 0 Å². The molecule has 152 valence electrons. The molecular weight excluding hydrogens is 344 g/mol. The standard InChI is InChI=1S/C22H34O5/c1-4-7-8-9-10-11-17-25-18-15-12-16-19(26-20(23)13-5-2)22(18)27-21(24)14-6-3/h12,15-16H,4-11,13-14,17H2,1-3H3. The Bertz CT molecular complexity index is 568. The summed E-state index contributed by atoms with van der Waals surface area (Å²) >= 11 is 0. The van der Waals surface area contributed by atoms with Gasteiger partial charge in [-0.1, -0.05) is 58.9 Å². The lowest BCUT2D eigenvalue weighted by Gasteiger charge is -2.15. The molecule has 0 heterocycles. The zero-order chi connectivity index (χ0) is 19.9. The van der Waals surface area contributed by atoms with Crippen LogP contribution in [0.2, 0.25) is 0 Å². The molecule has 0 atom stereocenters. The molecule has 0 aromatic heterocycles. The van der Waals surface area contributed by atoms with Crippen LogP contribution in [-0.4, -0.2) is 18.5 Å². The molecule has 0 saturated carbocycles. The third-order valence-corrected chi connectivity index (χ3v) is 4.05. The van der Waals surface area contributed by atoms with Crippen LogP contribution in [0.3, 0.4) is 0 Å². The minimum absolute atomic E-state index is 0.200. The molecular formula is C22H34O5. The van der Waals surface area contributed by atoms with Crippen molar-refractivity contribution in [1.29, 1.82) is 0 Å². The largest absolute Gasteiger partial charge is 0.490 e. The van der Waals surface area contributed by atoms with E-state index in [-0.39, 0.29) is 23.4 Å². The van der Waals surface area contributed by atoms with Gasteiger partial charge in [0.15, 0.2) is 11.5 Å². The number of esters is 2. The Balaban J connectivity index is 2.75. The highest BCUT2D eigenvalue weighted by Gasteiger charge is 2.18. The average Bonchev–Trinajstić information content (AvgIpc) is 2.63. The predicted molar refractivity (Wildman–Crippen MR) is 106 cm³/mol. The van der Waals surface area contributed by atoms with Gasteiger partial charge in [-0.05, 0) is 31.4 Å². The second-order valence-electron chi connectivity index (χ2n) is 6.65. The summed E-state index contributed by atoms with van der Waals surface area (Å²) in [6.07, 6.45) is 8.98. The van der Waals surface area contributed by atoms with Gasteiger partial charge in [-0.3, -0.25) is 9.59 Å². The number of rotatable bonds is 14. The van der Waals surface area contributed by atoms with Crippen LogP contribution in [0.4, 0.5) is 0 Å². The number of hydrogen-bond donors (Lipinski definition) is 0. The van der Waals surface area contributed by atoms with Crippen LogP contribution in [0.5, 0.6) is 17.2 Å². The molecule has 5 nitrogen and oxygen atoms in total. The summed E-state index contributed by atoms with van der Waals surface area (Å²) in [5.74, 6) is 0.166. The lowest BCUT2D eigenvalue weighted by Crippen LogP contribution is -2.13. The Morgan fingerprint density at radius 2 is 1.33 bits per heavy atom. The molecule has 0 radical (unpaired) electrons. The smallest absolute Gasteiger partial charge is 0.311 e. The van der Waals surface area contributed by atoms with E-state index in [1.807, 2.05) is 13.8 Å². The maximum atomic E-state index is 12.0. The van der Waals surface area contributed by atoms with Gasteiger partial charge in [0.05, 0.1) is 6.61 Å². The zero-order valence-corrected chi connectivity index (χ0v) is 17.1. The molecule has 0 saturated heterocycles. The van der Waals surface area contributed by atoms with E-state index in [1.54, 1.807) is 18.2 Å². The highest BCUT2D eigenvalue weighted by Crippen LogP contribution is 2.38. The molecule has 27 heavy (non-hydrogen) atoms. The van der Waals surface area contributed by atoms with E-state index in [0.717, 1.165) is 12.8 Å². The summed E-state index contributed by atoms with van der Waals surface area (Å²) in [7, 11) is 0. The summed E-state index contributed by atoms with van der Waals surface area (Å²) in [6.45, 7) is 6.55. The van der Waals surface area contributed by atoms with Crippen molar-refractivity contribution in [2.45, 2.75) is 85.0 Å². The molecule has 0 aliphatic rings. The third kappa shape index (κ3) is 9.45. The van der Waals surface area contributed by atoms with Crippen molar-refractivity contribution in [3.63, 3.8) is 0 Å². The zero-order valence-electron chi connectivity index (χ0n) is 17.1. The lowest BCUT2D eigenvalue weighted by molar-refractivity contribution is -0.137. The number of hydrogen-bond acceptors (Lipinski definition) is 5. The van der Waals surface area contributed by atoms with Gasteiger partial charge in [0, 0.05) is 12.8 Å². The fraction of sp³-hybridized carbons (Fsp3) is 0.636. The molecule has 1 aromatic carbocycles. The van der Waals surface area contributed by atoms with Gasteiger partial charge in [0.1, 0.15) is 0 Å². The van der Waals surface area contributed by atoms with E-state index in [4.69, 9.17) is 14.2 Å². The van der Waals surface area contributed by atoms with Crippen molar-refractivity contribution in [2.75, 3.05) is 6.61 Å². The minimum atomic E-state index is -0.360. The maximum Gasteiger partial charge on any atom is 0.311 e. The molecule has 0 unspecified atom stereocenters. The Morgan fingerprint density at radius 3 is 2.00 bits per heavy atom. The first-order valence-corrected chi connectivity index (χ1v) is 10.3. The summed E-state index contributed by atoms with van der Waals surface area (Å²) in [4.78, 5) is 23.9. The fourth-order valence-corrected chi connectivity index (χ4v) is 2.60. The van der Waals surface area contributed by atoms with Gasteiger partial charge >= 0.3 is 11.9 Å². The van der Waals surface area contributed by atoms with Crippen LogP contribution in [0.25, 0.3) is 0 Å². The van der Waals surface area contributed by atoms with Gasteiger partial charge in [0.25, 0.3) is 0 Å². The summed E-state index contributed by atoms with van der Waals surface area (Å²) in [5.41, 5.74) is 0. The van der Waals surface area contributed by atoms with Gasteiger partial charge in [-0.2, -0.15) is 0 Å². The monoisotopic (exact) mass is 378 g/mol. The van der Waals surface area contributed by atoms with E-state index >= 15 is 0 Å². The van der Waals surface area contributed by atoms with E-state index in [2.05, 4.69) is 6.92 Å². The van der Waals surface area contributed by atoms with E-state index in [0.29, 0.717) is 38.0 Å². The molecule has 1 aromatic rings. The quantitative estimate of drug-likeness (QED) is 0.231. The van der Waals surface area contributed by atoms with Crippen molar-refractivity contribution in [3.05, 3.63) is 18.2 Å². The Kier molecular flexibility index (Phi) is 12.0. The van der Waals surface area contributed by atoms with Crippen molar-refractivity contribution < 1.29 is 23.8 Å². The Labute approximate surface area is 163 Å². The van der Waals surface area contributed by atoms with Crippen molar-refractivity contribution >= 4 is 11.9 Å². The average molecular weight is 379 g/mol. The van der Waals surface area contributed by atoms with E-state index < -0.39 is 0 Å². The van der Waals surface area contributed by atoms with Crippen LogP contribution in [0.15, 0.2) is 18.2 Å². The second kappa shape index (κ2) is 14.1. The van der Waals surface area contributed by atoms with Crippen molar-refractivity contribution in [3.8, 4) is 17.2 Å². The Hall–Kier alpha value is -2.04. The van der Waals surface area contributed by atoms with Crippen LogP contribution in [-0.2, 0) is 9.59 Å². The molecule has 0 N–H and O–H groups in total. The van der Waals surface area contributed by atoms with Crippen LogP contribution in [0.1, 0.15) is 85.0 Å². The highest BCUT2D eigenvalue weighted by atomic mass is 16.6. The van der Waals surface area contributed by atoms with E-state index in [9.17, 15) is 9.59 Å². The molecule has 0 aliphatic carbocycles. The fourth-order valence-electron chi connectivity index (χ4n) is 2.60. The number of unbranched alkanes of at least 4 members (excludes halogenated alkanes) is 5. The first kappa shape index (κ1) is 23.0. The number of ether oxygens (including phenoxy) is 3.